The number of aromatic amines is 1. The number of H-pyrrole nitrogens is 1. The van der Waals surface area contributed by atoms with Gasteiger partial charge in [0.15, 0.2) is 0 Å². The summed E-state index contributed by atoms with van der Waals surface area (Å²) in [6.45, 7) is 3.40. The SMILES string of the molecule is CC(=O)O.c1ccc2c(C3CCNCC3)c[nH]c2c1. The number of hydrogen-bond acceptors (Lipinski definition) is 2. The summed E-state index contributed by atoms with van der Waals surface area (Å²) in [4.78, 5) is 12.4. The van der Waals surface area contributed by atoms with Gasteiger partial charge < -0.3 is 15.4 Å². The van der Waals surface area contributed by atoms with E-state index in [1.807, 2.05) is 0 Å². The van der Waals surface area contributed by atoms with Gasteiger partial charge in [-0.25, -0.2) is 0 Å². The van der Waals surface area contributed by atoms with E-state index in [0.29, 0.717) is 0 Å². The lowest BCUT2D eigenvalue weighted by Gasteiger charge is -2.22. The van der Waals surface area contributed by atoms with Gasteiger partial charge in [0.2, 0.25) is 0 Å². The van der Waals surface area contributed by atoms with Crippen LogP contribution in [0.25, 0.3) is 10.9 Å². The Morgan fingerprint density at radius 1 is 1.26 bits per heavy atom. The quantitative estimate of drug-likeness (QED) is 0.738. The monoisotopic (exact) mass is 260 g/mol. The van der Waals surface area contributed by atoms with Gasteiger partial charge in [0.1, 0.15) is 0 Å². The molecule has 3 N–H and O–H groups in total. The molecule has 1 aromatic carbocycles. The number of benzene rings is 1. The third-order valence-corrected chi connectivity index (χ3v) is 3.40. The van der Waals surface area contributed by atoms with Gasteiger partial charge >= 0.3 is 0 Å². The summed E-state index contributed by atoms with van der Waals surface area (Å²) in [6, 6.07) is 8.59. The first-order valence-electron chi connectivity index (χ1n) is 6.64. The lowest BCUT2D eigenvalue weighted by Crippen LogP contribution is -2.26. The molecule has 4 nitrogen and oxygen atoms in total. The van der Waals surface area contributed by atoms with Gasteiger partial charge in [-0.2, -0.15) is 0 Å². The molecule has 1 aromatic heterocycles. The van der Waals surface area contributed by atoms with Crippen molar-refractivity contribution in [3.63, 3.8) is 0 Å². The molecule has 1 aliphatic rings. The molecule has 4 heteroatoms. The first-order valence-corrected chi connectivity index (χ1v) is 6.64. The minimum Gasteiger partial charge on any atom is -0.481 e. The van der Waals surface area contributed by atoms with Crippen LogP contribution in [-0.4, -0.2) is 29.1 Å². The van der Waals surface area contributed by atoms with E-state index in [2.05, 4.69) is 40.8 Å². The second-order valence-electron chi connectivity index (χ2n) is 4.83. The molecule has 0 unspecified atom stereocenters. The van der Waals surface area contributed by atoms with Crippen LogP contribution in [0, 0.1) is 0 Å². The van der Waals surface area contributed by atoms with E-state index in [0.717, 1.165) is 25.9 Å². The Bertz CT molecular complexity index is 538. The second-order valence-corrected chi connectivity index (χ2v) is 4.83. The first-order chi connectivity index (χ1) is 9.18. The molecule has 0 atom stereocenters. The lowest BCUT2D eigenvalue weighted by molar-refractivity contribution is -0.134. The zero-order chi connectivity index (χ0) is 13.7. The van der Waals surface area contributed by atoms with Gasteiger partial charge in [-0.05, 0) is 43.5 Å². The number of carbonyl (C=O) groups is 1. The van der Waals surface area contributed by atoms with Crippen LogP contribution in [0.5, 0.6) is 0 Å². The van der Waals surface area contributed by atoms with Crippen LogP contribution >= 0.6 is 0 Å². The normalized spacial score (nSPS) is 15.8. The van der Waals surface area contributed by atoms with E-state index in [9.17, 15) is 0 Å². The Kier molecular flexibility index (Phi) is 4.58. The molecule has 102 valence electrons. The number of carboxylic acid groups (broad SMARTS) is 1. The number of para-hydroxylation sites is 1. The molecule has 1 aliphatic heterocycles. The summed E-state index contributed by atoms with van der Waals surface area (Å²) in [5.41, 5.74) is 2.78. The standard InChI is InChI=1S/C13H16N2.C2H4O2/c1-2-4-13-11(3-1)12(9-15-13)10-5-7-14-8-6-10;1-2(3)4/h1-4,9-10,14-15H,5-8H2;1H3,(H,3,4). The topological polar surface area (TPSA) is 65.1 Å². The molecule has 2 heterocycles. The van der Waals surface area contributed by atoms with Crippen molar-refractivity contribution in [3.8, 4) is 0 Å². The predicted molar refractivity (Wildman–Crippen MR) is 76.5 cm³/mol. The molecular formula is C15H20N2O2. The number of fused-ring (bicyclic) bond motifs is 1. The highest BCUT2D eigenvalue weighted by molar-refractivity contribution is 5.83. The van der Waals surface area contributed by atoms with Gasteiger partial charge in [-0.15, -0.1) is 0 Å². The fourth-order valence-corrected chi connectivity index (χ4v) is 2.56. The van der Waals surface area contributed by atoms with E-state index in [-0.39, 0.29) is 0 Å². The Labute approximate surface area is 112 Å². The van der Waals surface area contributed by atoms with E-state index in [1.165, 1.54) is 29.3 Å². The van der Waals surface area contributed by atoms with Crippen LogP contribution in [-0.2, 0) is 4.79 Å². The molecular weight excluding hydrogens is 240 g/mol. The van der Waals surface area contributed by atoms with Crippen LogP contribution in [0.3, 0.4) is 0 Å². The first kappa shape index (κ1) is 13.6. The average molecular weight is 260 g/mol. The molecule has 0 amide bonds. The maximum atomic E-state index is 9.00. The van der Waals surface area contributed by atoms with Gasteiger partial charge in [0.05, 0.1) is 0 Å². The highest BCUT2D eigenvalue weighted by atomic mass is 16.4. The Morgan fingerprint density at radius 3 is 2.58 bits per heavy atom. The summed E-state index contributed by atoms with van der Waals surface area (Å²) < 4.78 is 0. The summed E-state index contributed by atoms with van der Waals surface area (Å²) in [6.07, 6.45) is 4.73. The van der Waals surface area contributed by atoms with Crippen LogP contribution in [0.15, 0.2) is 30.5 Å². The molecule has 0 bridgehead atoms. The molecule has 0 saturated carbocycles. The van der Waals surface area contributed by atoms with E-state index in [1.54, 1.807) is 0 Å². The van der Waals surface area contributed by atoms with Crippen molar-refractivity contribution in [1.29, 1.82) is 0 Å². The minimum atomic E-state index is -0.833. The number of piperidine rings is 1. The molecule has 19 heavy (non-hydrogen) atoms. The molecule has 1 saturated heterocycles. The third-order valence-electron chi connectivity index (χ3n) is 3.40. The number of aliphatic carboxylic acids is 1. The molecule has 0 radical (unpaired) electrons. The Hall–Kier alpha value is -1.81. The molecule has 0 aliphatic carbocycles. The zero-order valence-electron chi connectivity index (χ0n) is 11.1. The number of aromatic nitrogens is 1. The molecule has 1 fully saturated rings. The van der Waals surface area contributed by atoms with E-state index >= 15 is 0 Å². The number of carboxylic acids is 1. The van der Waals surface area contributed by atoms with Crippen molar-refractivity contribution in [2.75, 3.05) is 13.1 Å². The highest BCUT2D eigenvalue weighted by Gasteiger charge is 2.17. The summed E-state index contributed by atoms with van der Waals surface area (Å²) in [5, 5.41) is 12.2. The van der Waals surface area contributed by atoms with Crippen molar-refractivity contribution in [1.82, 2.24) is 10.3 Å². The molecule has 3 rings (SSSR count). The Balaban J connectivity index is 0.000000297. The summed E-state index contributed by atoms with van der Waals surface area (Å²) in [7, 11) is 0. The lowest BCUT2D eigenvalue weighted by atomic mass is 9.90. The van der Waals surface area contributed by atoms with Crippen LogP contribution in [0.4, 0.5) is 0 Å². The zero-order valence-corrected chi connectivity index (χ0v) is 11.1. The maximum Gasteiger partial charge on any atom is 0.300 e. The Morgan fingerprint density at radius 2 is 1.89 bits per heavy atom. The van der Waals surface area contributed by atoms with Gasteiger partial charge in [0.25, 0.3) is 5.97 Å². The van der Waals surface area contributed by atoms with Crippen LogP contribution in [0.2, 0.25) is 0 Å². The van der Waals surface area contributed by atoms with E-state index in [4.69, 9.17) is 9.90 Å². The fourth-order valence-electron chi connectivity index (χ4n) is 2.56. The van der Waals surface area contributed by atoms with Crippen molar-refractivity contribution in [3.05, 3.63) is 36.0 Å². The maximum absolute atomic E-state index is 9.00. The van der Waals surface area contributed by atoms with Gasteiger partial charge in [-0.3, -0.25) is 4.79 Å². The van der Waals surface area contributed by atoms with Crippen LogP contribution < -0.4 is 5.32 Å². The van der Waals surface area contributed by atoms with Crippen molar-refractivity contribution in [2.24, 2.45) is 0 Å². The fraction of sp³-hybridized carbons (Fsp3) is 0.400. The summed E-state index contributed by atoms with van der Waals surface area (Å²) >= 11 is 0. The van der Waals surface area contributed by atoms with E-state index < -0.39 is 5.97 Å². The average Bonchev–Trinajstić information content (AvgIpc) is 2.83. The van der Waals surface area contributed by atoms with Gasteiger partial charge in [-0.1, -0.05) is 18.2 Å². The van der Waals surface area contributed by atoms with Crippen molar-refractivity contribution < 1.29 is 9.90 Å². The number of hydrogen-bond donors (Lipinski definition) is 3. The van der Waals surface area contributed by atoms with Crippen molar-refractivity contribution >= 4 is 16.9 Å². The number of rotatable bonds is 1. The predicted octanol–water partition coefficient (Wildman–Crippen LogP) is 2.73. The largest absolute Gasteiger partial charge is 0.481 e. The minimum absolute atomic E-state index is 0.738. The number of nitrogens with one attached hydrogen (secondary N) is 2. The summed E-state index contributed by atoms with van der Waals surface area (Å²) in [5.74, 6) is -0.0950. The molecule has 0 spiro atoms. The second kappa shape index (κ2) is 6.38. The highest BCUT2D eigenvalue weighted by Crippen LogP contribution is 2.30. The molecule has 2 aromatic rings. The smallest absolute Gasteiger partial charge is 0.300 e. The van der Waals surface area contributed by atoms with Crippen molar-refractivity contribution in [2.45, 2.75) is 25.7 Å². The third kappa shape index (κ3) is 3.58. The van der Waals surface area contributed by atoms with Gasteiger partial charge in [0, 0.05) is 24.0 Å². The van der Waals surface area contributed by atoms with Crippen LogP contribution in [0.1, 0.15) is 31.2 Å².